The molecule has 3 aromatic rings. The smallest absolute Gasteiger partial charge is 0.250 e. The van der Waals surface area contributed by atoms with Gasteiger partial charge in [0.25, 0.3) is 5.91 Å². The number of aromatic hydroxyl groups is 1. The number of aryl methyl sites for hydroxylation is 1. The number of imidazole rings is 1. The number of thioether (sulfide) groups is 1. The summed E-state index contributed by atoms with van der Waals surface area (Å²) in [5.41, 5.74) is 4.96. The zero-order chi connectivity index (χ0) is 18.7. The van der Waals surface area contributed by atoms with E-state index in [1.165, 1.54) is 18.0 Å². The van der Waals surface area contributed by atoms with E-state index < -0.39 is 0 Å². The molecule has 1 heterocycles. The highest BCUT2D eigenvalue weighted by Gasteiger charge is 2.10. The number of benzene rings is 2. The number of para-hydroxylation sites is 2. The molecule has 6 nitrogen and oxygen atoms in total. The van der Waals surface area contributed by atoms with Gasteiger partial charge < -0.3 is 9.67 Å². The Labute approximate surface area is 181 Å². The first-order valence-corrected chi connectivity index (χ1v) is 10.6. The number of rotatable bonds is 5. The first kappa shape index (κ1) is 19.4. The molecule has 0 aliphatic heterocycles. The second-order valence-corrected chi connectivity index (χ2v) is 8.70. The van der Waals surface area contributed by atoms with Crippen molar-refractivity contribution in [3.63, 3.8) is 0 Å². The number of phenolic OH excluding ortho intramolecular Hbond substituents is 1. The minimum Gasteiger partial charge on any atom is -0.506 e. The zero-order valence-electron chi connectivity index (χ0n) is 13.6. The number of hydrogen-bond donors (Lipinski definition) is 2. The maximum Gasteiger partial charge on any atom is 0.250 e. The largest absolute Gasteiger partial charge is 0.506 e. The van der Waals surface area contributed by atoms with Gasteiger partial charge in [-0.2, -0.15) is 5.10 Å². The van der Waals surface area contributed by atoms with Crippen LogP contribution in [0.3, 0.4) is 0 Å². The summed E-state index contributed by atoms with van der Waals surface area (Å²) in [6.07, 6.45) is 1.44. The molecular weight excluding hydrogens is 578 g/mol. The Morgan fingerprint density at radius 2 is 2.15 bits per heavy atom. The zero-order valence-corrected chi connectivity index (χ0v) is 18.7. The van der Waals surface area contributed by atoms with E-state index in [0.717, 1.165) is 23.3 Å². The monoisotopic (exact) mass is 592 g/mol. The van der Waals surface area contributed by atoms with E-state index >= 15 is 0 Å². The highest BCUT2D eigenvalue weighted by atomic mass is 127. The van der Waals surface area contributed by atoms with Crippen molar-refractivity contribution in [1.29, 1.82) is 0 Å². The quantitative estimate of drug-likeness (QED) is 0.205. The van der Waals surface area contributed by atoms with Gasteiger partial charge in [-0.1, -0.05) is 23.9 Å². The molecule has 0 aliphatic rings. The molecule has 9 heteroatoms. The molecule has 0 radical (unpaired) electrons. The maximum absolute atomic E-state index is 12.0. The summed E-state index contributed by atoms with van der Waals surface area (Å²) >= 11 is 5.57. The molecule has 1 aromatic heterocycles. The molecule has 0 saturated carbocycles. The Hall–Kier alpha value is -1.34. The van der Waals surface area contributed by atoms with E-state index in [1.807, 2.05) is 41.9 Å². The number of carbonyl (C=O) groups is 1. The standard InChI is InChI=1S/C17H14I2N4O2S/c1-23-14-5-3-2-4-13(14)21-17(23)26-9-15(24)22-20-8-10-6-11(18)7-12(19)16(10)25/h2-8,25H,9H2,1H3,(H,22,24)/b20-8+. The Kier molecular flexibility index (Phi) is 6.40. The third kappa shape index (κ3) is 4.49. The molecule has 0 spiro atoms. The number of hydrazone groups is 1. The van der Waals surface area contributed by atoms with E-state index in [2.05, 4.69) is 60.7 Å². The fraction of sp³-hybridized carbons (Fsp3) is 0.118. The van der Waals surface area contributed by atoms with Crippen molar-refractivity contribution in [3.8, 4) is 5.75 Å². The van der Waals surface area contributed by atoms with Crippen LogP contribution < -0.4 is 5.43 Å². The number of amides is 1. The predicted molar refractivity (Wildman–Crippen MR) is 121 cm³/mol. The summed E-state index contributed by atoms with van der Waals surface area (Å²) in [4.78, 5) is 16.5. The summed E-state index contributed by atoms with van der Waals surface area (Å²) in [5, 5.41) is 14.7. The molecule has 0 atom stereocenters. The Morgan fingerprint density at radius 3 is 2.92 bits per heavy atom. The molecule has 2 N–H and O–H groups in total. The van der Waals surface area contributed by atoms with Crippen LogP contribution in [-0.4, -0.2) is 32.5 Å². The van der Waals surface area contributed by atoms with Gasteiger partial charge in [-0.15, -0.1) is 0 Å². The number of carbonyl (C=O) groups excluding carboxylic acids is 1. The fourth-order valence-electron chi connectivity index (χ4n) is 2.27. The molecule has 26 heavy (non-hydrogen) atoms. The second-order valence-electron chi connectivity index (χ2n) is 5.35. The topological polar surface area (TPSA) is 79.5 Å². The summed E-state index contributed by atoms with van der Waals surface area (Å²) in [5.74, 6) is 0.112. The van der Waals surface area contributed by atoms with Gasteiger partial charge >= 0.3 is 0 Å². The van der Waals surface area contributed by atoms with Crippen LogP contribution in [0.1, 0.15) is 5.56 Å². The van der Waals surface area contributed by atoms with Crippen LogP contribution in [0.2, 0.25) is 0 Å². The van der Waals surface area contributed by atoms with E-state index in [0.29, 0.717) is 5.56 Å². The number of nitrogens with one attached hydrogen (secondary N) is 1. The number of halogens is 2. The normalized spacial score (nSPS) is 11.3. The van der Waals surface area contributed by atoms with Gasteiger partial charge in [0.2, 0.25) is 0 Å². The van der Waals surface area contributed by atoms with Crippen LogP contribution in [0.15, 0.2) is 46.7 Å². The summed E-state index contributed by atoms with van der Waals surface area (Å²) < 4.78 is 3.68. The van der Waals surface area contributed by atoms with Gasteiger partial charge in [0, 0.05) is 16.2 Å². The number of nitrogens with zero attached hydrogens (tertiary/aromatic N) is 3. The van der Waals surface area contributed by atoms with E-state index in [9.17, 15) is 9.90 Å². The van der Waals surface area contributed by atoms with Crippen molar-refractivity contribution in [2.24, 2.45) is 12.1 Å². The van der Waals surface area contributed by atoms with Gasteiger partial charge in [-0.3, -0.25) is 4.79 Å². The van der Waals surface area contributed by atoms with Crippen LogP contribution in [0.25, 0.3) is 11.0 Å². The second kappa shape index (κ2) is 8.57. The van der Waals surface area contributed by atoms with Crippen molar-refractivity contribution < 1.29 is 9.90 Å². The minimum absolute atomic E-state index is 0.151. The van der Waals surface area contributed by atoms with Crippen LogP contribution in [0.5, 0.6) is 5.75 Å². The van der Waals surface area contributed by atoms with Gasteiger partial charge in [-0.05, 0) is 69.4 Å². The number of hydrogen-bond acceptors (Lipinski definition) is 5. The minimum atomic E-state index is -0.238. The average molecular weight is 592 g/mol. The first-order chi connectivity index (χ1) is 12.5. The summed E-state index contributed by atoms with van der Waals surface area (Å²) in [7, 11) is 1.93. The third-order valence-electron chi connectivity index (χ3n) is 3.53. The lowest BCUT2D eigenvalue weighted by Crippen LogP contribution is -2.19. The van der Waals surface area contributed by atoms with Crippen LogP contribution >= 0.6 is 56.9 Å². The number of phenols is 1. The van der Waals surface area contributed by atoms with Crippen LogP contribution in [0, 0.1) is 7.14 Å². The van der Waals surface area contributed by atoms with Crippen molar-refractivity contribution in [1.82, 2.24) is 15.0 Å². The van der Waals surface area contributed by atoms with E-state index in [-0.39, 0.29) is 17.4 Å². The molecule has 3 rings (SSSR count). The molecule has 134 valence electrons. The lowest BCUT2D eigenvalue weighted by atomic mass is 10.2. The molecule has 0 bridgehead atoms. The predicted octanol–water partition coefficient (Wildman–Crippen LogP) is 3.73. The van der Waals surface area contributed by atoms with Gasteiger partial charge in [0.1, 0.15) is 5.75 Å². The Balaban J connectivity index is 1.60. The molecule has 0 saturated heterocycles. The number of fused-ring (bicyclic) bond motifs is 1. The summed E-state index contributed by atoms with van der Waals surface area (Å²) in [6.45, 7) is 0. The highest BCUT2D eigenvalue weighted by Crippen LogP contribution is 2.25. The summed E-state index contributed by atoms with van der Waals surface area (Å²) in [6, 6.07) is 11.5. The van der Waals surface area contributed by atoms with E-state index in [4.69, 9.17) is 0 Å². The van der Waals surface area contributed by atoms with E-state index in [1.54, 1.807) is 6.07 Å². The lowest BCUT2D eigenvalue weighted by Gasteiger charge is -2.03. The Morgan fingerprint density at radius 1 is 1.38 bits per heavy atom. The van der Waals surface area contributed by atoms with Crippen molar-refractivity contribution in [3.05, 3.63) is 49.1 Å². The molecule has 1 amide bonds. The molecule has 0 fully saturated rings. The van der Waals surface area contributed by atoms with Crippen molar-refractivity contribution in [2.45, 2.75) is 5.16 Å². The van der Waals surface area contributed by atoms with Crippen LogP contribution in [0.4, 0.5) is 0 Å². The SMILES string of the molecule is Cn1c(SCC(=O)N/N=C/c2cc(I)cc(I)c2O)nc2ccccc21. The van der Waals surface area contributed by atoms with Crippen molar-refractivity contribution in [2.75, 3.05) is 5.75 Å². The molecule has 2 aromatic carbocycles. The van der Waals surface area contributed by atoms with Gasteiger partial charge in [-0.25, -0.2) is 10.4 Å². The number of aromatic nitrogens is 2. The van der Waals surface area contributed by atoms with Crippen molar-refractivity contribution >= 4 is 80.1 Å². The highest BCUT2D eigenvalue weighted by molar-refractivity contribution is 14.1. The van der Waals surface area contributed by atoms with Gasteiger partial charge in [0.15, 0.2) is 5.16 Å². The lowest BCUT2D eigenvalue weighted by molar-refractivity contribution is -0.118. The third-order valence-corrected chi connectivity index (χ3v) is 6.00. The molecule has 0 unspecified atom stereocenters. The van der Waals surface area contributed by atoms with Crippen LogP contribution in [-0.2, 0) is 11.8 Å². The average Bonchev–Trinajstić information content (AvgIpc) is 2.93. The maximum atomic E-state index is 12.0. The van der Waals surface area contributed by atoms with Gasteiger partial charge in [0.05, 0.1) is 26.6 Å². The molecule has 0 aliphatic carbocycles. The Bertz CT molecular complexity index is 1000. The first-order valence-electron chi connectivity index (χ1n) is 7.50. The fourth-order valence-corrected chi connectivity index (χ4v) is 4.94. The molecular formula is C17H14I2N4O2S.